The van der Waals surface area contributed by atoms with E-state index >= 15 is 0 Å². The van der Waals surface area contributed by atoms with E-state index in [2.05, 4.69) is 20.4 Å². The van der Waals surface area contributed by atoms with Crippen LogP contribution in [0, 0.1) is 5.92 Å². The highest BCUT2D eigenvalue weighted by molar-refractivity contribution is 5.95. The number of carboxylic acids is 1. The Morgan fingerprint density at radius 1 is 1.07 bits per heavy atom. The van der Waals surface area contributed by atoms with Gasteiger partial charge >= 0.3 is 5.97 Å². The number of aliphatic carboxylic acids is 1. The van der Waals surface area contributed by atoms with Crippen molar-refractivity contribution >= 4 is 11.9 Å². The lowest BCUT2D eigenvalue weighted by molar-refractivity contribution is -0.290. The number of carbonyl (C=O) groups excluding carboxylic acids is 1. The van der Waals surface area contributed by atoms with E-state index in [1.165, 1.54) is 6.07 Å². The summed E-state index contributed by atoms with van der Waals surface area (Å²) in [6.07, 6.45) is -8.35. The molecule has 6 aliphatic rings. The van der Waals surface area contributed by atoms with Crippen LogP contribution in [0.3, 0.4) is 0 Å². The van der Waals surface area contributed by atoms with Gasteiger partial charge in [0.2, 0.25) is 12.1 Å². The van der Waals surface area contributed by atoms with Gasteiger partial charge in [0.05, 0.1) is 16.6 Å². The molecule has 1 amide bonds. The Kier molecular flexibility index (Phi) is 7.95. The smallest absolute Gasteiger partial charge is 0.335 e. The van der Waals surface area contributed by atoms with Crippen LogP contribution in [-0.4, -0.2) is 119 Å². The highest BCUT2D eigenvalue weighted by Gasteiger charge is 2.74. The van der Waals surface area contributed by atoms with Crippen molar-refractivity contribution in [2.75, 3.05) is 13.1 Å². The Bertz CT molecular complexity index is 2050. The first-order chi connectivity index (χ1) is 25.7. The van der Waals surface area contributed by atoms with Gasteiger partial charge in [-0.15, -0.1) is 0 Å². The largest absolute Gasteiger partial charge is 0.504 e. The first-order valence-corrected chi connectivity index (χ1v) is 18.3. The topological polar surface area (TPSA) is 237 Å². The number of carbonyl (C=O) groups is 2. The number of hydrogen-bond acceptors (Lipinski definition) is 14. The normalized spacial score (nSPS) is 34.2. The number of phenols is 1. The molecule has 0 unspecified atom stereocenters. The highest BCUT2D eigenvalue weighted by atomic mass is 16.7. The van der Waals surface area contributed by atoms with Crippen LogP contribution in [0.2, 0.25) is 0 Å². The van der Waals surface area contributed by atoms with Gasteiger partial charge in [0.15, 0.2) is 29.5 Å². The number of likely N-dealkylation sites (tertiary alicyclic amines) is 1. The maximum atomic E-state index is 14.8. The molecule has 0 radical (unpaired) electrons. The second-order valence-corrected chi connectivity index (χ2v) is 16.0. The predicted octanol–water partition coefficient (Wildman–Crippen LogP) is 0.831. The molecule has 3 aliphatic heterocycles. The van der Waals surface area contributed by atoms with Crippen LogP contribution >= 0.6 is 0 Å². The van der Waals surface area contributed by atoms with Crippen LogP contribution in [0.4, 0.5) is 0 Å². The lowest BCUT2D eigenvalue weighted by Crippen LogP contribution is -2.76. The van der Waals surface area contributed by atoms with Gasteiger partial charge in [0.25, 0.3) is 11.8 Å². The van der Waals surface area contributed by atoms with Crippen molar-refractivity contribution in [3.63, 3.8) is 0 Å². The summed E-state index contributed by atoms with van der Waals surface area (Å²) in [6.45, 7) is 4.68. The molecule has 9 rings (SSSR count). The number of ether oxygens (including phenoxy) is 3. The van der Waals surface area contributed by atoms with Crippen LogP contribution < -0.4 is 10.1 Å². The minimum absolute atomic E-state index is 0.0837. The van der Waals surface area contributed by atoms with Gasteiger partial charge < -0.3 is 54.7 Å². The maximum absolute atomic E-state index is 14.8. The summed E-state index contributed by atoms with van der Waals surface area (Å²) >= 11 is 0. The fourth-order valence-corrected chi connectivity index (χ4v) is 9.35. The van der Waals surface area contributed by atoms with Crippen molar-refractivity contribution in [1.82, 2.24) is 20.4 Å². The Hall–Kier alpha value is -4.58. The van der Waals surface area contributed by atoms with Crippen molar-refractivity contribution in [1.29, 1.82) is 0 Å². The minimum atomic E-state index is -1.99. The van der Waals surface area contributed by atoms with E-state index in [0.717, 1.165) is 24.9 Å². The molecule has 16 heteroatoms. The Balaban J connectivity index is 1.16. The van der Waals surface area contributed by atoms with Gasteiger partial charge in [-0.3, -0.25) is 9.69 Å². The molecule has 1 spiro atoms. The molecule has 4 heterocycles. The van der Waals surface area contributed by atoms with E-state index in [9.17, 15) is 40.2 Å². The number of amides is 1. The van der Waals surface area contributed by atoms with E-state index in [1.54, 1.807) is 13.8 Å². The van der Waals surface area contributed by atoms with Gasteiger partial charge in [-0.25, -0.2) is 4.79 Å². The average Bonchev–Trinajstić information content (AvgIpc) is 3.66. The van der Waals surface area contributed by atoms with Gasteiger partial charge in [0, 0.05) is 30.1 Å². The zero-order chi connectivity index (χ0) is 37.9. The number of nitrogens with one attached hydrogen (secondary N) is 1. The van der Waals surface area contributed by atoms with Crippen molar-refractivity contribution < 1.29 is 59.0 Å². The fourth-order valence-electron chi connectivity index (χ4n) is 9.35. The number of phenolic OH excluding ortho intramolecular Hbond substituents is 1. The number of aliphatic hydroxyl groups is 4. The third-order valence-electron chi connectivity index (χ3n) is 12.2. The summed E-state index contributed by atoms with van der Waals surface area (Å²) in [4.78, 5) is 33.6. The molecule has 1 aromatic heterocycles. The van der Waals surface area contributed by atoms with Crippen molar-refractivity contribution in [2.24, 2.45) is 5.92 Å². The molecular formula is C38H42N4O12. The van der Waals surface area contributed by atoms with Crippen LogP contribution in [0.1, 0.15) is 56.5 Å². The molecule has 54 heavy (non-hydrogen) atoms. The lowest BCUT2D eigenvalue weighted by Gasteiger charge is -2.63. The number of benzene rings is 2. The van der Waals surface area contributed by atoms with Crippen LogP contribution in [-0.2, 0) is 36.4 Å². The number of aliphatic hydroxyl groups excluding tert-OH is 3. The van der Waals surface area contributed by atoms with E-state index in [0.29, 0.717) is 42.3 Å². The molecule has 2 saturated heterocycles. The van der Waals surface area contributed by atoms with Gasteiger partial charge in [0.1, 0.15) is 23.9 Å². The lowest BCUT2D eigenvalue weighted by atomic mass is 9.49. The third kappa shape index (κ3) is 5.11. The number of piperidine rings is 1. The van der Waals surface area contributed by atoms with Crippen molar-refractivity contribution in [3.05, 3.63) is 70.8 Å². The average molecular weight is 747 g/mol. The molecule has 16 nitrogen and oxygen atoms in total. The monoisotopic (exact) mass is 746 g/mol. The Morgan fingerprint density at radius 2 is 1.83 bits per heavy atom. The summed E-state index contributed by atoms with van der Waals surface area (Å²) in [6, 6.07) is 12.0. The molecule has 7 N–H and O–H groups in total. The molecule has 9 atom stereocenters. The summed E-state index contributed by atoms with van der Waals surface area (Å²) in [5.74, 6) is -1.66. The second-order valence-electron chi connectivity index (χ2n) is 16.0. The first-order valence-electron chi connectivity index (χ1n) is 18.3. The molecular weight excluding hydrogens is 704 g/mol. The van der Waals surface area contributed by atoms with Crippen LogP contribution in [0.15, 0.2) is 58.3 Å². The summed E-state index contributed by atoms with van der Waals surface area (Å²) in [5, 5.41) is 73.4. The van der Waals surface area contributed by atoms with E-state index in [1.807, 2.05) is 36.4 Å². The Morgan fingerprint density at radius 3 is 2.56 bits per heavy atom. The maximum Gasteiger partial charge on any atom is 0.335 e. The van der Waals surface area contributed by atoms with Gasteiger partial charge in [-0.05, 0) is 63.6 Å². The van der Waals surface area contributed by atoms with Gasteiger partial charge in [-0.2, -0.15) is 4.98 Å². The number of hydrogen-bond donors (Lipinski definition) is 7. The molecule has 1 saturated carbocycles. The second kappa shape index (κ2) is 12.2. The molecule has 3 aliphatic carbocycles. The zero-order valence-corrected chi connectivity index (χ0v) is 29.6. The number of rotatable bonds is 9. The molecule has 286 valence electrons. The number of nitrogens with zero attached hydrogens (tertiary/aromatic N) is 3. The molecule has 2 bridgehead atoms. The van der Waals surface area contributed by atoms with Gasteiger partial charge in [-0.1, -0.05) is 41.6 Å². The van der Waals surface area contributed by atoms with E-state index < -0.39 is 71.3 Å². The van der Waals surface area contributed by atoms with Crippen LogP contribution in [0.5, 0.6) is 11.5 Å². The van der Waals surface area contributed by atoms with Crippen molar-refractivity contribution in [2.45, 2.75) is 105 Å². The van der Waals surface area contributed by atoms with E-state index in [-0.39, 0.29) is 35.1 Å². The summed E-state index contributed by atoms with van der Waals surface area (Å²) < 4.78 is 24.0. The fraction of sp³-hybridized carbons (Fsp3) is 0.526. The minimum Gasteiger partial charge on any atom is -0.504 e. The summed E-state index contributed by atoms with van der Waals surface area (Å²) in [5.41, 5.74) is -2.06. The summed E-state index contributed by atoms with van der Waals surface area (Å²) in [7, 11) is 0. The quantitative estimate of drug-likeness (QED) is 0.161. The standard InChI is InChI=1S/C38H42N4O12/c1-36(2,35-39-31(41-54-35)18-6-4-3-5-7-18)40-32(47)20-15-38(50)22-14-19-10-11-21(43)28-23(19)37(38,12-13-42(22)16-17-8-9-17)30(51-28)27(20)52-34-26(46)24(44)25(45)29(53-34)33(48)49/h3-7,10-11,17,22,24-26,29-30,34,43-46,50H,8-9,12-16H2,1-2H3,(H,40,47)(H,48,49)/t22-,24+,25+,26-,29+,30+,34-,37+,38-/m1/s1. The number of carboxylic acid groups (broad SMARTS) is 1. The molecule has 2 aromatic carbocycles. The predicted molar refractivity (Wildman–Crippen MR) is 184 cm³/mol. The molecule has 3 aromatic rings. The SMILES string of the molecule is CC(C)(NC(=O)C1=C(O[C@@H]2O[C@H](C(=O)O)[C@@H](O)[C@H](O)[C@H]2O)[C@@H]2Oc3c(O)ccc4c3[C@@]23CCN(CC2CC2)[C@H](C4)[C@]3(O)C1)c1nc(-c2ccccc2)no1. The van der Waals surface area contributed by atoms with Crippen LogP contribution in [0.25, 0.3) is 11.4 Å². The first kappa shape index (κ1) is 35.1. The van der Waals surface area contributed by atoms with Crippen molar-refractivity contribution in [3.8, 4) is 22.9 Å². The Labute approximate surface area is 309 Å². The third-order valence-corrected chi connectivity index (χ3v) is 12.2. The molecule has 3 fully saturated rings. The van der Waals surface area contributed by atoms with E-state index in [4.69, 9.17) is 18.7 Å². The zero-order valence-electron chi connectivity index (χ0n) is 29.6. The number of aromatic nitrogens is 2. The number of aromatic hydroxyl groups is 1. The highest BCUT2D eigenvalue weighted by Crippen LogP contribution is 2.66.